The van der Waals surface area contributed by atoms with Crippen LogP contribution in [0.2, 0.25) is 0 Å². The molecule has 0 amide bonds. The predicted octanol–water partition coefficient (Wildman–Crippen LogP) is 1.94. The van der Waals surface area contributed by atoms with Crippen LogP contribution in [0.4, 0.5) is 0 Å². The highest BCUT2D eigenvalue weighted by Crippen LogP contribution is 2.31. The highest BCUT2D eigenvalue weighted by Gasteiger charge is 2.18. The minimum absolute atomic E-state index is 0.314. The summed E-state index contributed by atoms with van der Waals surface area (Å²) in [6, 6.07) is 4.43. The van der Waals surface area contributed by atoms with Gasteiger partial charge in [0.15, 0.2) is 11.5 Å². The van der Waals surface area contributed by atoms with Crippen LogP contribution in [0.15, 0.2) is 12.1 Å². The molecule has 0 bridgehead atoms. The smallest absolute Gasteiger partial charge is 0.161 e. The maximum Gasteiger partial charge on any atom is 0.161 e. The molecule has 1 aliphatic rings. The Hall–Kier alpha value is -1.26. The molecule has 19 heavy (non-hydrogen) atoms. The van der Waals surface area contributed by atoms with Crippen molar-refractivity contribution >= 4 is 0 Å². The number of piperidine rings is 1. The lowest BCUT2D eigenvalue weighted by Gasteiger charge is -2.31. The summed E-state index contributed by atoms with van der Waals surface area (Å²) in [6.45, 7) is 5.15. The van der Waals surface area contributed by atoms with Gasteiger partial charge in [-0.05, 0) is 49.6 Å². The van der Waals surface area contributed by atoms with Gasteiger partial charge >= 0.3 is 0 Å². The molecule has 2 N–H and O–H groups in total. The molecule has 1 aromatic carbocycles. The average Bonchev–Trinajstić information content (AvgIpc) is 2.40. The normalized spacial score (nSPS) is 20.3. The molecule has 106 valence electrons. The van der Waals surface area contributed by atoms with Gasteiger partial charge in [-0.15, -0.1) is 0 Å². The van der Waals surface area contributed by atoms with Crippen molar-refractivity contribution in [2.75, 3.05) is 27.3 Å². The standard InChI is InChI=1S/C15H24N2O2/c1-11-7-14(18-2)15(19-3)8-12(11)9-17-6-4-5-13(16)10-17/h7-8,13H,4-6,9-10,16H2,1-3H3/t13-/m1/s1. The van der Waals surface area contributed by atoms with Crippen molar-refractivity contribution in [1.29, 1.82) is 0 Å². The SMILES string of the molecule is COc1cc(C)c(CN2CCC[C@@H](N)C2)cc1OC. The van der Waals surface area contributed by atoms with E-state index in [-0.39, 0.29) is 0 Å². The van der Waals surface area contributed by atoms with Crippen molar-refractivity contribution < 1.29 is 9.47 Å². The monoisotopic (exact) mass is 264 g/mol. The number of ether oxygens (including phenoxy) is 2. The van der Waals surface area contributed by atoms with E-state index in [4.69, 9.17) is 15.2 Å². The molecule has 4 heteroatoms. The number of nitrogens with two attached hydrogens (primary N) is 1. The first-order valence-corrected chi connectivity index (χ1v) is 6.83. The Morgan fingerprint density at radius 1 is 1.26 bits per heavy atom. The molecule has 1 aliphatic heterocycles. The van der Waals surface area contributed by atoms with Gasteiger partial charge in [-0.1, -0.05) is 0 Å². The first kappa shape index (κ1) is 14.2. The Balaban J connectivity index is 2.15. The van der Waals surface area contributed by atoms with Gasteiger partial charge in [0.05, 0.1) is 14.2 Å². The summed E-state index contributed by atoms with van der Waals surface area (Å²) in [6.07, 6.45) is 2.33. The molecule has 0 spiro atoms. The van der Waals surface area contributed by atoms with Gasteiger partial charge in [0.25, 0.3) is 0 Å². The predicted molar refractivity (Wildman–Crippen MR) is 76.8 cm³/mol. The summed E-state index contributed by atoms with van der Waals surface area (Å²) >= 11 is 0. The van der Waals surface area contributed by atoms with Crippen LogP contribution < -0.4 is 15.2 Å². The fourth-order valence-electron chi connectivity index (χ4n) is 2.67. The van der Waals surface area contributed by atoms with E-state index < -0.39 is 0 Å². The molecular weight excluding hydrogens is 240 g/mol. The Labute approximate surface area is 115 Å². The minimum Gasteiger partial charge on any atom is -0.493 e. The van der Waals surface area contributed by atoms with Crippen molar-refractivity contribution in [3.05, 3.63) is 23.3 Å². The summed E-state index contributed by atoms with van der Waals surface area (Å²) in [5, 5.41) is 0. The minimum atomic E-state index is 0.314. The number of likely N-dealkylation sites (tertiary alicyclic amines) is 1. The van der Waals surface area contributed by atoms with Crippen molar-refractivity contribution in [3.63, 3.8) is 0 Å². The number of methoxy groups -OCH3 is 2. The number of benzene rings is 1. The highest BCUT2D eigenvalue weighted by atomic mass is 16.5. The summed E-state index contributed by atoms with van der Waals surface area (Å²) in [4.78, 5) is 2.42. The van der Waals surface area contributed by atoms with Crippen LogP contribution in [0.3, 0.4) is 0 Å². The first-order chi connectivity index (χ1) is 9.13. The Morgan fingerprint density at radius 3 is 2.58 bits per heavy atom. The van der Waals surface area contributed by atoms with Crippen LogP contribution >= 0.6 is 0 Å². The summed E-state index contributed by atoms with van der Waals surface area (Å²) in [5.74, 6) is 1.59. The molecule has 2 rings (SSSR count). The van der Waals surface area contributed by atoms with Gasteiger partial charge < -0.3 is 15.2 Å². The van der Waals surface area contributed by atoms with Crippen LogP contribution in [0.25, 0.3) is 0 Å². The maximum atomic E-state index is 6.03. The molecule has 1 saturated heterocycles. The average molecular weight is 264 g/mol. The lowest BCUT2D eigenvalue weighted by Crippen LogP contribution is -2.42. The number of hydrogen-bond donors (Lipinski definition) is 1. The van der Waals surface area contributed by atoms with Crippen LogP contribution in [0, 0.1) is 6.92 Å². The molecular formula is C15H24N2O2. The van der Waals surface area contributed by atoms with E-state index >= 15 is 0 Å². The molecule has 4 nitrogen and oxygen atoms in total. The van der Waals surface area contributed by atoms with Crippen LogP contribution in [0.1, 0.15) is 24.0 Å². The maximum absolute atomic E-state index is 6.03. The van der Waals surface area contributed by atoms with Crippen LogP contribution in [-0.4, -0.2) is 38.3 Å². The lowest BCUT2D eigenvalue weighted by molar-refractivity contribution is 0.201. The highest BCUT2D eigenvalue weighted by molar-refractivity contribution is 5.47. The Bertz CT molecular complexity index is 434. The van der Waals surface area contributed by atoms with Gasteiger partial charge in [0.2, 0.25) is 0 Å². The number of hydrogen-bond acceptors (Lipinski definition) is 4. The second-order valence-corrected chi connectivity index (χ2v) is 5.27. The number of rotatable bonds is 4. The second-order valence-electron chi connectivity index (χ2n) is 5.27. The van der Waals surface area contributed by atoms with E-state index in [1.165, 1.54) is 17.5 Å². The van der Waals surface area contributed by atoms with E-state index in [2.05, 4.69) is 17.9 Å². The Kier molecular flexibility index (Phi) is 4.66. The van der Waals surface area contributed by atoms with Crippen molar-refractivity contribution in [2.24, 2.45) is 5.73 Å². The zero-order valence-corrected chi connectivity index (χ0v) is 12.1. The van der Waals surface area contributed by atoms with Gasteiger partial charge in [0.1, 0.15) is 0 Å². The fourth-order valence-corrected chi connectivity index (χ4v) is 2.67. The molecule has 0 aromatic heterocycles. The fraction of sp³-hybridized carbons (Fsp3) is 0.600. The third kappa shape index (κ3) is 3.39. The molecule has 0 radical (unpaired) electrons. The molecule has 1 aromatic rings. The number of nitrogens with zero attached hydrogens (tertiary/aromatic N) is 1. The number of aryl methyl sites for hydroxylation is 1. The molecule has 1 atom stereocenters. The molecule has 1 fully saturated rings. The molecule has 1 heterocycles. The van der Waals surface area contributed by atoms with Crippen molar-refractivity contribution in [2.45, 2.75) is 32.4 Å². The van der Waals surface area contributed by atoms with E-state index in [1.54, 1.807) is 14.2 Å². The molecule has 0 unspecified atom stereocenters. The van der Waals surface area contributed by atoms with Gasteiger partial charge in [0, 0.05) is 19.1 Å². The summed E-state index contributed by atoms with van der Waals surface area (Å²) in [7, 11) is 3.34. The Morgan fingerprint density at radius 2 is 1.95 bits per heavy atom. The van der Waals surface area contributed by atoms with E-state index in [9.17, 15) is 0 Å². The lowest BCUT2D eigenvalue weighted by atomic mass is 10.0. The van der Waals surface area contributed by atoms with Crippen LogP contribution in [-0.2, 0) is 6.54 Å². The van der Waals surface area contributed by atoms with E-state index in [0.29, 0.717) is 6.04 Å². The quantitative estimate of drug-likeness (QED) is 0.903. The topological polar surface area (TPSA) is 47.7 Å². The van der Waals surface area contributed by atoms with Gasteiger partial charge in [-0.2, -0.15) is 0 Å². The van der Waals surface area contributed by atoms with Crippen molar-refractivity contribution in [3.8, 4) is 11.5 Å². The third-order valence-corrected chi connectivity index (χ3v) is 3.78. The largest absolute Gasteiger partial charge is 0.493 e. The van der Waals surface area contributed by atoms with Gasteiger partial charge in [-0.3, -0.25) is 4.90 Å². The summed E-state index contributed by atoms with van der Waals surface area (Å²) in [5.41, 5.74) is 8.55. The zero-order chi connectivity index (χ0) is 13.8. The summed E-state index contributed by atoms with van der Waals surface area (Å²) < 4.78 is 10.7. The van der Waals surface area contributed by atoms with E-state index in [1.807, 2.05) is 6.07 Å². The van der Waals surface area contributed by atoms with E-state index in [0.717, 1.165) is 37.6 Å². The molecule has 0 aliphatic carbocycles. The third-order valence-electron chi connectivity index (χ3n) is 3.78. The second kappa shape index (κ2) is 6.26. The molecule has 0 saturated carbocycles. The first-order valence-electron chi connectivity index (χ1n) is 6.83. The zero-order valence-electron chi connectivity index (χ0n) is 12.1. The van der Waals surface area contributed by atoms with Gasteiger partial charge in [-0.25, -0.2) is 0 Å². The van der Waals surface area contributed by atoms with Crippen molar-refractivity contribution in [1.82, 2.24) is 4.90 Å². The van der Waals surface area contributed by atoms with Crippen LogP contribution in [0.5, 0.6) is 11.5 Å².